The van der Waals surface area contributed by atoms with Gasteiger partial charge in [0.25, 0.3) is 0 Å². The smallest absolute Gasteiger partial charge is 0.550 e. The maximum Gasteiger partial charge on any atom is 1.00 e. The van der Waals surface area contributed by atoms with E-state index in [1.807, 2.05) is 13.8 Å². The second-order valence-corrected chi connectivity index (χ2v) is 6.26. The van der Waals surface area contributed by atoms with Crippen molar-refractivity contribution in [1.82, 2.24) is 5.32 Å². The molecule has 0 spiro atoms. The number of hydrogen-bond acceptors (Lipinski definition) is 6. The molecule has 1 unspecified atom stereocenters. The molecule has 1 aromatic rings. The Kier molecular flexibility index (Phi) is 12.3. The summed E-state index contributed by atoms with van der Waals surface area (Å²) in [6.45, 7) is 3.22. The van der Waals surface area contributed by atoms with Crippen molar-refractivity contribution in [3.05, 3.63) is 34.9 Å². The van der Waals surface area contributed by atoms with E-state index >= 15 is 0 Å². The second-order valence-electron chi connectivity index (χ2n) is 5.82. The summed E-state index contributed by atoms with van der Waals surface area (Å²) in [6.07, 6.45) is -0.719. The van der Waals surface area contributed by atoms with Gasteiger partial charge in [-0.1, -0.05) is 37.6 Å². The minimum absolute atomic E-state index is 0. The molecule has 1 atom stereocenters. The summed E-state index contributed by atoms with van der Waals surface area (Å²) in [7, 11) is 0. The average molecular weight is 394 g/mol. The van der Waals surface area contributed by atoms with E-state index in [9.17, 15) is 19.5 Å². The Morgan fingerprint density at radius 1 is 1.15 bits per heavy atom. The van der Waals surface area contributed by atoms with Crippen molar-refractivity contribution in [2.75, 3.05) is 6.79 Å². The molecule has 1 N–H and O–H groups in total. The van der Waals surface area contributed by atoms with Crippen LogP contribution in [0.2, 0.25) is 5.02 Å². The molecule has 0 saturated heterocycles. The van der Waals surface area contributed by atoms with Crippen LogP contribution in [-0.4, -0.2) is 24.8 Å². The van der Waals surface area contributed by atoms with Gasteiger partial charge < -0.3 is 24.7 Å². The number of carboxylic acids is 1. The summed E-state index contributed by atoms with van der Waals surface area (Å²) in [5.74, 6) is -1.55. The quantitative estimate of drug-likeness (QED) is 0.334. The summed E-state index contributed by atoms with van der Waals surface area (Å²) in [4.78, 5) is 33.9. The van der Waals surface area contributed by atoms with Gasteiger partial charge in [-0.25, -0.2) is 4.79 Å². The number of rotatable bonds is 9. The summed E-state index contributed by atoms with van der Waals surface area (Å²) >= 11 is 5.82. The van der Waals surface area contributed by atoms with Crippen LogP contribution in [0.25, 0.3) is 0 Å². The van der Waals surface area contributed by atoms with Crippen molar-refractivity contribution in [2.45, 2.75) is 39.2 Å². The molecule has 1 aromatic carbocycles. The Balaban J connectivity index is 0.00000625. The van der Waals surface area contributed by atoms with Gasteiger partial charge in [0.1, 0.15) is 0 Å². The largest absolute Gasteiger partial charge is 1.00 e. The monoisotopic (exact) mass is 393 g/mol. The van der Waals surface area contributed by atoms with Gasteiger partial charge in [0.15, 0.2) is 0 Å². The summed E-state index contributed by atoms with van der Waals surface area (Å²) in [5, 5.41) is 13.7. The fraction of sp³-hybridized carbons (Fsp3) is 0.471. The van der Waals surface area contributed by atoms with Gasteiger partial charge in [0.2, 0.25) is 6.79 Å². The molecule has 0 aromatic heterocycles. The van der Waals surface area contributed by atoms with Crippen LogP contribution in [0.3, 0.4) is 0 Å². The van der Waals surface area contributed by atoms with Crippen LogP contribution in [0.5, 0.6) is 0 Å². The topological polar surface area (TPSA) is 105 Å². The van der Waals surface area contributed by atoms with Gasteiger partial charge in [0.05, 0.1) is 6.04 Å². The molecular formula is C17H21ClNNaO6. The third-order valence-electron chi connectivity index (χ3n) is 3.19. The standard InChI is InChI=1S/C17H22ClNO6.Na/c1-11(2)9-16(22)24-10-25-17(23)19-14(7-8-15(20)21)12-3-5-13(18)6-4-12;/h3-6,11,14H,7-10H2,1-2H3,(H,19,23)(H,20,21);/q;+1/p-1. The van der Waals surface area contributed by atoms with Crippen molar-refractivity contribution >= 4 is 29.6 Å². The minimum atomic E-state index is -1.23. The first-order valence-electron chi connectivity index (χ1n) is 7.82. The molecular weight excluding hydrogens is 373 g/mol. The fourth-order valence-electron chi connectivity index (χ4n) is 2.00. The Morgan fingerprint density at radius 2 is 1.77 bits per heavy atom. The molecule has 7 nitrogen and oxygen atoms in total. The van der Waals surface area contributed by atoms with E-state index in [0.717, 1.165) is 0 Å². The van der Waals surface area contributed by atoms with E-state index in [4.69, 9.17) is 21.1 Å². The first-order chi connectivity index (χ1) is 11.8. The average Bonchev–Trinajstić information content (AvgIpc) is 2.51. The first kappa shape index (κ1) is 24.7. The minimum Gasteiger partial charge on any atom is -0.550 e. The molecule has 138 valence electrons. The number of carbonyl (C=O) groups excluding carboxylic acids is 3. The SMILES string of the molecule is CC(C)CC(=O)OCOC(=O)NC(CCC(=O)[O-])c1ccc(Cl)cc1.[Na+]. The van der Waals surface area contributed by atoms with Crippen LogP contribution in [0.4, 0.5) is 4.79 Å². The Bertz CT molecular complexity index is 593. The molecule has 0 bridgehead atoms. The van der Waals surface area contributed by atoms with Crippen LogP contribution in [-0.2, 0) is 19.1 Å². The van der Waals surface area contributed by atoms with Gasteiger partial charge in [-0.15, -0.1) is 0 Å². The van der Waals surface area contributed by atoms with Crippen molar-refractivity contribution in [3.63, 3.8) is 0 Å². The second kappa shape index (κ2) is 13.0. The van der Waals surface area contributed by atoms with E-state index in [-0.39, 0.29) is 54.7 Å². The predicted molar refractivity (Wildman–Crippen MR) is 88.5 cm³/mol. The predicted octanol–water partition coefficient (Wildman–Crippen LogP) is -0.812. The van der Waals surface area contributed by atoms with Gasteiger partial charge in [-0.05, 0) is 36.5 Å². The van der Waals surface area contributed by atoms with E-state index in [1.54, 1.807) is 24.3 Å². The summed E-state index contributed by atoms with van der Waals surface area (Å²) < 4.78 is 9.58. The summed E-state index contributed by atoms with van der Waals surface area (Å²) in [6, 6.07) is 6.00. The Hall–Kier alpha value is -1.28. The van der Waals surface area contributed by atoms with Crippen molar-refractivity contribution in [2.24, 2.45) is 5.92 Å². The molecule has 0 aliphatic heterocycles. The van der Waals surface area contributed by atoms with Crippen LogP contribution in [0, 0.1) is 5.92 Å². The van der Waals surface area contributed by atoms with Crippen LogP contribution >= 0.6 is 11.6 Å². The van der Waals surface area contributed by atoms with Crippen molar-refractivity contribution in [1.29, 1.82) is 0 Å². The molecule has 0 saturated carbocycles. The van der Waals surface area contributed by atoms with Crippen LogP contribution in [0.1, 0.15) is 44.7 Å². The van der Waals surface area contributed by atoms with Crippen molar-refractivity contribution in [3.8, 4) is 0 Å². The van der Waals surface area contributed by atoms with E-state index in [0.29, 0.717) is 10.6 Å². The maximum atomic E-state index is 11.8. The number of alkyl carbamates (subject to hydrolysis) is 1. The van der Waals surface area contributed by atoms with E-state index < -0.39 is 30.9 Å². The van der Waals surface area contributed by atoms with Gasteiger partial charge in [-0.3, -0.25) is 4.79 Å². The molecule has 0 radical (unpaired) electrons. The fourth-order valence-corrected chi connectivity index (χ4v) is 2.13. The van der Waals surface area contributed by atoms with E-state index in [2.05, 4.69) is 5.32 Å². The first-order valence-corrected chi connectivity index (χ1v) is 8.20. The number of hydrogen-bond donors (Lipinski definition) is 1. The zero-order valence-corrected chi connectivity index (χ0v) is 17.9. The molecule has 0 heterocycles. The summed E-state index contributed by atoms with van der Waals surface area (Å²) in [5.41, 5.74) is 0.666. The molecule has 9 heteroatoms. The molecule has 0 aliphatic rings. The Morgan fingerprint density at radius 3 is 2.31 bits per heavy atom. The molecule has 1 amide bonds. The number of carbonyl (C=O) groups is 3. The van der Waals surface area contributed by atoms with Gasteiger partial charge in [-0.2, -0.15) is 0 Å². The number of esters is 1. The molecule has 0 aliphatic carbocycles. The maximum absolute atomic E-state index is 11.8. The number of amides is 1. The van der Waals surface area contributed by atoms with E-state index in [1.165, 1.54) is 0 Å². The molecule has 0 fully saturated rings. The van der Waals surface area contributed by atoms with Crippen LogP contribution in [0.15, 0.2) is 24.3 Å². The third kappa shape index (κ3) is 10.7. The molecule has 1 rings (SSSR count). The zero-order valence-electron chi connectivity index (χ0n) is 15.1. The zero-order chi connectivity index (χ0) is 18.8. The number of carboxylic acid groups (broad SMARTS) is 1. The molecule has 26 heavy (non-hydrogen) atoms. The Labute approximate surface area is 179 Å². The van der Waals surface area contributed by atoms with Crippen LogP contribution < -0.4 is 40.0 Å². The number of ether oxygens (including phenoxy) is 2. The number of nitrogens with one attached hydrogen (secondary N) is 1. The van der Waals surface area contributed by atoms with Gasteiger partial charge >= 0.3 is 41.6 Å². The van der Waals surface area contributed by atoms with Crippen molar-refractivity contribution < 1.29 is 58.5 Å². The third-order valence-corrected chi connectivity index (χ3v) is 3.44. The van der Waals surface area contributed by atoms with Gasteiger partial charge in [0, 0.05) is 17.4 Å². The number of halogens is 1. The normalized spacial score (nSPS) is 11.2. The number of aliphatic carboxylic acids is 1. The number of benzene rings is 1.